The summed E-state index contributed by atoms with van der Waals surface area (Å²) in [5.41, 5.74) is 7.49. The van der Waals surface area contributed by atoms with Crippen molar-refractivity contribution in [3.05, 3.63) is 29.6 Å². The van der Waals surface area contributed by atoms with Gasteiger partial charge in [0.15, 0.2) is 17.3 Å². The summed E-state index contributed by atoms with van der Waals surface area (Å²) in [6.45, 7) is 5.01. The highest BCUT2D eigenvalue weighted by molar-refractivity contribution is 5.67. The first kappa shape index (κ1) is 14.2. The number of nitrogens with zero attached hydrogens (tertiary/aromatic N) is 2. The minimum atomic E-state index is 0.266. The number of nitrogen functional groups attached to an aromatic ring is 1. The van der Waals surface area contributed by atoms with Crippen LogP contribution in [0.3, 0.4) is 0 Å². The molecule has 3 N–H and O–H groups in total. The predicted octanol–water partition coefficient (Wildman–Crippen LogP) is 2.11. The number of benzene rings is 1. The van der Waals surface area contributed by atoms with Gasteiger partial charge in [0.05, 0.1) is 6.61 Å². The maximum atomic E-state index is 6.04. The Morgan fingerprint density at radius 1 is 1.27 bits per heavy atom. The average molecular weight is 302 g/mol. The molecule has 0 amide bonds. The number of nitrogens with two attached hydrogens (primary N) is 1. The lowest BCUT2D eigenvalue weighted by molar-refractivity contribution is 0.174. The fourth-order valence-electron chi connectivity index (χ4n) is 2.17. The lowest BCUT2D eigenvalue weighted by Gasteiger charge is -2.12. The SMILES string of the molecule is CCOc1nc(C)nc(NCc2ccc3c(c2)OCO3)c1N. The van der Waals surface area contributed by atoms with Crippen molar-refractivity contribution in [2.75, 3.05) is 24.5 Å². The lowest BCUT2D eigenvalue weighted by Crippen LogP contribution is -2.09. The summed E-state index contributed by atoms with van der Waals surface area (Å²) in [5.74, 6) is 3.09. The number of aromatic nitrogens is 2. The van der Waals surface area contributed by atoms with E-state index in [2.05, 4.69) is 15.3 Å². The van der Waals surface area contributed by atoms with Gasteiger partial charge in [0.1, 0.15) is 11.5 Å². The van der Waals surface area contributed by atoms with Gasteiger partial charge < -0.3 is 25.3 Å². The number of fused-ring (bicyclic) bond motifs is 1. The Hall–Kier alpha value is -2.70. The van der Waals surface area contributed by atoms with Crippen LogP contribution < -0.4 is 25.3 Å². The summed E-state index contributed by atoms with van der Waals surface area (Å²) in [6.07, 6.45) is 0. The number of rotatable bonds is 5. The van der Waals surface area contributed by atoms with Crippen molar-refractivity contribution >= 4 is 11.5 Å². The summed E-state index contributed by atoms with van der Waals surface area (Å²) >= 11 is 0. The standard InChI is InChI=1S/C15H18N4O3/c1-3-20-15-13(16)14(18-9(2)19-15)17-7-10-4-5-11-12(6-10)22-8-21-11/h4-6H,3,7-8,16H2,1-2H3,(H,17,18,19). The molecule has 0 spiro atoms. The van der Waals surface area contributed by atoms with Crippen molar-refractivity contribution in [3.8, 4) is 17.4 Å². The van der Waals surface area contributed by atoms with Gasteiger partial charge in [0.2, 0.25) is 12.7 Å². The molecule has 1 aromatic carbocycles. The number of hydrogen-bond acceptors (Lipinski definition) is 7. The first-order valence-corrected chi connectivity index (χ1v) is 7.06. The zero-order valence-electron chi connectivity index (χ0n) is 12.5. The molecule has 0 atom stereocenters. The van der Waals surface area contributed by atoms with E-state index in [1.165, 1.54) is 0 Å². The molecule has 0 saturated carbocycles. The first-order valence-electron chi connectivity index (χ1n) is 7.06. The second-order valence-corrected chi connectivity index (χ2v) is 4.81. The van der Waals surface area contributed by atoms with Crippen LogP contribution in [-0.2, 0) is 6.54 Å². The molecular formula is C15H18N4O3. The molecule has 1 aromatic heterocycles. The Kier molecular flexibility index (Phi) is 3.86. The number of nitrogens with one attached hydrogen (secondary N) is 1. The van der Waals surface area contributed by atoms with Crippen LogP contribution in [0.15, 0.2) is 18.2 Å². The van der Waals surface area contributed by atoms with E-state index in [0.717, 1.165) is 17.1 Å². The molecule has 3 rings (SSSR count). The van der Waals surface area contributed by atoms with E-state index in [9.17, 15) is 0 Å². The van der Waals surface area contributed by atoms with Crippen LogP contribution in [0.25, 0.3) is 0 Å². The van der Waals surface area contributed by atoms with Gasteiger partial charge >= 0.3 is 0 Å². The molecule has 0 bridgehead atoms. The Bertz CT molecular complexity index is 691. The minimum Gasteiger partial charge on any atom is -0.476 e. The topological polar surface area (TPSA) is 91.5 Å². The molecule has 1 aliphatic rings. The normalized spacial score (nSPS) is 12.3. The third-order valence-electron chi connectivity index (χ3n) is 3.20. The number of anilines is 2. The first-order chi connectivity index (χ1) is 10.7. The number of aryl methyl sites for hydroxylation is 1. The molecule has 0 radical (unpaired) electrons. The maximum absolute atomic E-state index is 6.04. The third-order valence-corrected chi connectivity index (χ3v) is 3.20. The fourth-order valence-corrected chi connectivity index (χ4v) is 2.17. The Labute approximate surface area is 128 Å². The molecule has 0 saturated heterocycles. The molecule has 0 fully saturated rings. The second-order valence-electron chi connectivity index (χ2n) is 4.81. The number of ether oxygens (including phenoxy) is 3. The van der Waals surface area contributed by atoms with Gasteiger partial charge in [-0.15, -0.1) is 0 Å². The van der Waals surface area contributed by atoms with Gasteiger partial charge in [-0.1, -0.05) is 6.07 Å². The minimum absolute atomic E-state index is 0.266. The van der Waals surface area contributed by atoms with Crippen LogP contribution >= 0.6 is 0 Å². The van der Waals surface area contributed by atoms with Gasteiger partial charge in [-0.05, 0) is 31.5 Å². The van der Waals surface area contributed by atoms with Crippen molar-refractivity contribution in [3.63, 3.8) is 0 Å². The summed E-state index contributed by atoms with van der Waals surface area (Å²) < 4.78 is 16.1. The van der Waals surface area contributed by atoms with E-state index >= 15 is 0 Å². The van der Waals surface area contributed by atoms with Crippen molar-refractivity contribution < 1.29 is 14.2 Å². The molecule has 0 aliphatic carbocycles. The Morgan fingerprint density at radius 3 is 2.91 bits per heavy atom. The molecule has 7 heteroatoms. The predicted molar refractivity (Wildman–Crippen MR) is 82.2 cm³/mol. The van der Waals surface area contributed by atoms with Gasteiger partial charge in [0, 0.05) is 6.54 Å². The van der Waals surface area contributed by atoms with Crippen LogP contribution in [0.4, 0.5) is 11.5 Å². The quantitative estimate of drug-likeness (QED) is 0.873. The van der Waals surface area contributed by atoms with Crippen LogP contribution in [0, 0.1) is 6.92 Å². The summed E-state index contributed by atoms with van der Waals surface area (Å²) in [5, 5.41) is 3.21. The van der Waals surface area contributed by atoms with Crippen LogP contribution in [-0.4, -0.2) is 23.4 Å². The van der Waals surface area contributed by atoms with Crippen LogP contribution in [0.1, 0.15) is 18.3 Å². The summed E-state index contributed by atoms with van der Waals surface area (Å²) in [7, 11) is 0. The Balaban J connectivity index is 1.76. The molecule has 7 nitrogen and oxygen atoms in total. The molecule has 0 unspecified atom stereocenters. The highest BCUT2D eigenvalue weighted by atomic mass is 16.7. The smallest absolute Gasteiger partial charge is 0.242 e. The second kappa shape index (κ2) is 5.97. The van der Waals surface area contributed by atoms with E-state index in [0.29, 0.717) is 36.4 Å². The van der Waals surface area contributed by atoms with Crippen molar-refractivity contribution in [1.29, 1.82) is 0 Å². The maximum Gasteiger partial charge on any atom is 0.242 e. The van der Waals surface area contributed by atoms with Gasteiger partial charge in [-0.2, -0.15) is 4.98 Å². The van der Waals surface area contributed by atoms with Crippen LogP contribution in [0.5, 0.6) is 17.4 Å². The van der Waals surface area contributed by atoms with Gasteiger partial charge in [0.25, 0.3) is 0 Å². The molecule has 116 valence electrons. The molecule has 22 heavy (non-hydrogen) atoms. The molecule has 2 heterocycles. The highest BCUT2D eigenvalue weighted by Gasteiger charge is 2.14. The zero-order valence-corrected chi connectivity index (χ0v) is 12.5. The Morgan fingerprint density at radius 2 is 2.09 bits per heavy atom. The molecule has 2 aromatic rings. The highest BCUT2D eigenvalue weighted by Crippen LogP contribution is 2.33. The molecule has 1 aliphatic heterocycles. The van der Waals surface area contributed by atoms with Gasteiger partial charge in [-0.3, -0.25) is 0 Å². The van der Waals surface area contributed by atoms with E-state index in [4.69, 9.17) is 19.9 Å². The van der Waals surface area contributed by atoms with Gasteiger partial charge in [-0.25, -0.2) is 4.98 Å². The third kappa shape index (κ3) is 2.83. The zero-order chi connectivity index (χ0) is 15.5. The van der Waals surface area contributed by atoms with E-state index in [1.807, 2.05) is 25.1 Å². The summed E-state index contributed by atoms with van der Waals surface area (Å²) in [4.78, 5) is 8.51. The lowest BCUT2D eigenvalue weighted by atomic mass is 10.2. The van der Waals surface area contributed by atoms with E-state index in [-0.39, 0.29) is 6.79 Å². The largest absolute Gasteiger partial charge is 0.476 e. The summed E-state index contributed by atoms with van der Waals surface area (Å²) in [6, 6.07) is 5.79. The van der Waals surface area contributed by atoms with E-state index in [1.54, 1.807) is 6.92 Å². The number of hydrogen-bond donors (Lipinski definition) is 2. The monoisotopic (exact) mass is 302 g/mol. The van der Waals surface area contributed by atoms with Crippen molar-refractivity contribution in [2.45, 2.75) is 20.4 Å². The molecular weight excluding hydrogens is 284 g/mol. The van der Waals surface area contributed by atoms with E-state index < -0.39 is 0 Å². The van der Waals surface area contributed by atoms with Crippen molar-refractivity contribution in [1.82, 2.24) is 9.97 Å². The average Bonchev–Trinajstić information content (AvgIpc) is 2.97. The van der Waals surface area contributed by atoms with Crippen LogP contribution in [0.2, 0.25) is 0 Å². The van der Waals surface area contributed by atoms with Crippen molar-refractivity contribution in [2.24, 2.45) is 0 Å². The fraction of sp³-hybridized carbons (Fsp3) is 0.333.